The number of methoxy groups -OCH3 is 1. The number of carboxylic acids is 1. The highest BCUT2D eigenvalue weighted by molar-refractivity contribution is 6.30. The van der Waals surface area contributed by atoms with Gasteiger partial charge in [0.1, 0.15) is 6.54 Å². The second-order valence-corrected chi connectivity index (χ2v) is 6.35. The van der Waals surface area contributed by atoms with Crippen LogP contribution in [0.25, 0.3) is 5.69 Å². The maximum Gasteiger partial charge on any atom is 0.323 e. The van der Waals surface area contributed by atoms with E-state index < -0.39 is 5.97 Å². The first-order valence-corrected chi connectivity index (χ1v) is 8.50. The van der Waals surface area contributed by atoms with Gasteiger partial charge in [0.05, 0.1) is 24.4 Å². The lowest BCUT2D eigenvalue weighted by Crippen LogP contribution is -2.39. The molecule has 0 bridgehead atoms. The normalized spacial score (nSPS) is 10.8. The Hall–Kier alpha value is -2.38. The van der Waals surface area contributed by atoms with E-state index in [1.807, 2.05) is 26.0 Å². The minimum Gasteiger partial charge on any atom is -0.480 e. The van der Waals surface area contributed by atoms with Crippen LogP contribution in [-0.4, -0.2) is 58.5 Å². The van der Waals surface area contributed by atoms with Crippen molar-refractivity contribution in [3.05, 3.63) is 46.2 Å². The van der Waals surface area contributed by atoms with Gasteiger partial charge in [-0.1, -0.05) is 11.6 Å². The summed E-state index contributed by atoms with van der Waals surface area (Å²) in [5, 5.41) is 14.2. The van der Waals surface area contributed by atoms with E-state index >= 15 is 0 Å². The van der Waals surface area contributed by atoms with Crippen molar-refractivity contribution in [3.8, 4) is 5.69 Å². The molecule has 1 N–H and O–H groups in total. The van der Waals surface area contributed by atoms with Crippen LogP contribution in [0.4, 0.5) is 0 Å². The molecule has 0 aliphatic heterocycles. The number of hydrogen-bond donors (Lipinski definition) is 1. The van der Waals surface area contributed by atoms with Crippen LogP contribution in [0.15, 0.2) is 24.3 Å². The lowest BCUT2D eigenvalue weighted by molar-refractivity contribution is -0.144. The van der Waals surface area contributed by atoms with Crippen LogP contribution in [-0.2, 0) is 20.7 Å². The summed E-state index contributed by atoms with van der Waals surface area (Å²) in [6, 6.07) is 7.25. The molecule has 2 aromatic rings. The molecule has 2 rings (SSSR count). The number of carbonyl (C=O) groups is 2. The summed E-state index contributed by atoms with van der Waals surface area (Å²) < 4.78 is 6.71. The van der Waals surface area contributed by atoms with Crippen molar-refractivity contribution < 1.29 is 19.4 Å². The molecular formula is C18H22ClN3O4. The zero-order valence-electron chi connectivity index (χ0n) is 15.0. The molecule has 26 heavy (non-hydrogen) atoms. The second-order valence-electron chi connectivity index (χ2n) is 5.92. The molecule has 1 heterocycles. The number of carbonyl (C=O) groups excluding carboxylic acids is 1. The van der Waals surface area contributed by atoms with Crippen LogP contribution < -0.4 is 0 Å². The van der Waals surface area contributed by atoms with Gasteiger partial charge in [-0.05, 0) is 38.1 Å². The number of rotatable bonds is 8. The Morgan fingerprint density at radius 2 is 1.92 bits per heavy atom. The van der Waals surface area contributed by atoms with E-state index in [9.17, 15) is 9.59 Å². The van der Waals surface area contributed by atoms with E-state index in [1.165, 1.54) is 12.0 Å². The molecule has 1 amide bonds. The van der Waals surface area contributed by atoms with Crippen molar-refractivity contribution in [2.45, 2.75) is 20.3 Å². The maximum absolute atomic E-state index is 12.6. The predicted molar refractivity (Wildman–Crippen MR) is 97.8 cm³/mol. The summed E-state index contributed by atoms with van der Waals surface area (Å²) in [6.45, 7) is 3.87. The van der Waals surface area contributed by atoms with Crippen LogP contribution in [0.5, 0.6) is 0 Å². The molecule has 0 saturated carbocycles. The third-order valence-corrected chi connectivity index (χ3v) is 4.34. The fraction of sp³-hybridized carbons (Fsp3) is 0.389. The van der Waals surface area contributed by atoms with Gasteiger partial charge in [-0.25, -0.2) is 4.68 Å². The molecule has 140 valence electrons. The van der Waals surface area contributed by atoms with E-state index in [4.69, 9.17) is 21.4 Å². The van der Waals surface area contributed by atoms with Crippen molar-refractivity contribution in [3.63, 3.8) is 0 Å². The lowest BCUT2D eigenvalue weighted by Gasteiger charge is -2.20. The monoisotopic (exact) mass is 379 g/mol. The van der Waals surface area contributed by atoms with Gasteiger partial charge in [0.15, 0.2) is 0 Å². The molecule has 0 spiro atoms. The highest BCUT2D eigenvalue weighted by Gasteiger charge is 2.21. The number of aliphatic carboxylic acids is 1. The SMILES string of the molecule is COCCN(CC(=O)O)C(=O)Cc1c(C)nn(-c2ccc(Cl)cc2)c1C. The number of benzene rings is 1. The Kier molecular flexibility index (Phi) is 6.76. The first-order valence-electron chi connectivity index (χ1n) is 8.13. The Bertz CT molecular complexity index is 786. The zero-order chi connectivity index (χ0) is 19.3. The van der Waals surface area contributed by atoms with Crippen LogP contribution in [0.2, 0.25) is 5.02 Å². The van der Waals surface area contributed by atoms with Crippen LogP contribution in [0.3, 0.4) is 0 Å². The Morgan fingerprint density at radius 1 is 1.27 bits per heavy atom. The molecule has 0 atom stereocenters. The van der Waals surface area contributed by atoms with E-state index in [1.54, 1.807) is 16.8 Å². The molecule has 0 aliphatic rings. The number of halogens is 1. The minimum absolute atomic E-state index is 0.0856. The van der Waals surface area contributed by atoms with Gasteiger partial charge in [0.2, 0.25) is 5.91 Å². The quantitative estimate of drug-likeness (QED) is 0.760. The van der Waals surface area contributed by atoms with Crippen LogP contribution >= 0.6 is 11.6 Å². The minimum atomic E-state index is -1.06. The van der Waals surface area contributed by atoms with Crippen molar-refractivity contribution in [1.29, 1.82) is 0 Å². The summed E-state index contributed by atoms with van der Waals surface area (Å²) in [5.41, 5.74) is 3.20. The highest BCUT2D eigenvalue weighted by atomic mass is 35.5. The average molecular weight is 380 g/mol. The van der Waals surface area contributed by atoms with Crippen molar-refractivity contribution in [1.82, 2.24) is 14.7 Å². The topological polar surface area (TPSA) is 84.7 Å². The second kappa shape index (κ2) is 8.82. The summed E-state index contributed by atoms with van der Waals surface area (Å²) in [7, 11) is 1.51. The predicted octanol–water partition coefficient (Wildman–Crippen LogP) is 2.24. The fourth-order valence-corrected chi connectivity index (χ4v) is 2.81. The smallest absolute Gasteiger partial charge is 0.323 e. The average Bonchev–Trinajstić information content (AvgIpc) is 2.87. The molecule has 0 aliphatic carbocycles. The molecule has 0 saturated heterocycles. The van der Waals surface area contributed by atoms with Gasteiger partial charge < -0.3 is 14.7 Å². The van der Waals surface area contributed by atoms with Gasteiger partial charge in [0, 0.05) is 29.9 Å². The van der Waals surface area contributed by atoms with Gasteiger partial charge in [-0.2, -0.15) is 5.10 Å². The number of nitrogens with zero attached hydrogens (tertiary/aromatic N) is 3. The number of hydrogen-bond acceptors (Lipinski definition) is 4. The molecule has 7 nitrogen and oxygen atoms in total. The first kappa shape index (κ1) is 19.9. The Labute approximate surface area is 157 Å². The van der Waals surface area contributed by atoms with Crippen molar-refractivity contribution >= 4 is 23.5 Å². The standard InChI is InChI=1S/C18H22ClN3O4/c1-12-16(10-17(23)21(8-9-26-3)11-18(24)25)13(2)22(20-12)15-6-4-14(19)5-7-15/h4-7H,8-11H2,1-3H3,(H,24,25). The molecular weight excluding hydrogens is 358 g/mol. The van der Waals surface area contributed by atoms with E-state index in [0.29, 0.717) is 5.02 Å². The van der Waals surface area contributed by atoms with Crippen LogP contribution in [0, 0.1) is 13.8 Å². The summed E-state index contributed by atoms with van der Waals surface area (Å²) >= 11 is 5.92. The van der Waals surface area contributed by atoms with E-state index in [0.717, 1.165) is 22.6 Å². The first-order chi connectivity index (χ1) is 12.3. The third-order valence-electron chi connectivity index (χ3n) is 4.08. The molecule has 1 aromatic carbocycles. The third kappa shape index (κ3) is 4.83. The highest BCUT2D eigenvalue weighted by Crippen LogP contribution is 2.20. The molecule has 0 radical (unpaired) electrons. The fourth-order valence-electron chi connectivity index (χ4n) is 2.68. The van der Waals surface area contributed by atoms with Gasteiger partial charge >= 0.3 is 5.97 Å². The zero-order valence-corrected chi connectivity index (χ0v) is 15.8. The number of amides is 1. The molecule has 0 fully saturated rings. The van der Waals surface area contributed by atoms with Crippen molar-refractivity contribution in [2.75, 3.05) is 26.8 Å². The number of ether oxygens (including phenoxy) is 1. The Balaban J connectivity index is 2.24. The van der Waals surface area contributed by atoms with Crippen molar-refractivity contribution in [2.24, 2.45) is 0 Å². The summed E-state index contributed by atoms with van der Waals surface area (Å²) in [6.07, 6.45) is 0.0856. The number of aryl methyl sites for hydroxylation is 1. The van der Waals surface area contributed by atoms with Crippen LogP contribution in [0.1, 0.15) is 17.0 Å². The molecule has 8 heteroatoms. The number of carboxylic acid groups (broad SMARTS) is 1. The summed E-state index contributed by atoms with van der Waals surface area (Å²) in [4.78, 5) is 24.9. The molecule has 1 aromatic heterocycles. The van der Waals surface area contributed by atoms with Gasteiger partial charge in [-0.3, -0.25) is 9.59 Å². The van der Waals surface area contributed by atoms with Gasteiger partial charge in [0.25, 0.3) is 0 Å². The maximum atomic E-state index is 12.6. The van der Waals surface area contributed by atoms with E-state index in [2.05, 4.69) is 5.10 Å². The number of aromatic nitrogens is 2. The van der Waals surface area contributed by atoms with Gasteiger partial charge in [-0.15, -0.1) is 0 Å². The Morgan fingerprint density at radius 3 is 2.50 bits per heavy atom. The lowest BCUT2D eigenvalue weighted by atomic mass is 10.1. The largest absolute Gasteiger partial charge is 0.480 e. The van der Waals surface area contributed by atoms with E-state index in [-0.39, 0.29) is 32.0 Å². The molecule has 0 unspecified atom stereocenters. The summed E-state index contributed by atoms with van der Waals surface area (Å²) in [5.74, 6) is -1.33.